The number of nitrogens with one attached hydrogen (secondary N) is 2. The van der Waals surface area contributed by atoms with Crippen molar-refractivity contribution in [3.63, 3.8) is 0 Å². The van der Waals surface area contributed by atoms with Crippen LogP contribution in [0.4, 0.5) is 0 Å². The smallest absolute Gasteiger partial charge is 0.259 e. The fraction of sp³-hybridized carbons (Fsp3) is 0.231. The van der Waals surface area contributed by atoms with Gasteiger partial charge in [0.1, 0.15) is 0 Å². The molecule has 5 rings (SSSR count). The Morgan fingerprint density at radius 3 is 2.42 bits per heavy atom. The number of nitrogens with zero attached hydrogens (tertiary/aromatic N) is 2. The van der Waals surface area contributed by atoms with Gasteiger partial charge in [0, 0.05) is 52.9 Å². The standard InChI is InChI=1S/C26H26N4O3/c1-15-7-6-9-18-20(14-30(24(15)18)13-16(31)12-29(2)3)23-22(25(32)28-26(23)33)19-11-27-21-10-5-4-8-17(19)21/h4-11,14,16,27,31H,12-13H2,1-3H3,(H,28,32,33). The van der Waals surface area contributed by atoms with Crippen molar-refractivity contribution in [3.8, 4) is 0 Å². The van der Waals surface area contributed by atoms with Crippen LogP contribution in [0.5, 0.6) is 0 Å². The van der Waals surface area contributed by atoms with Gasteiger partial charge in [0.05, 0.1) is 22.8 Å². The van der Waals surface area contributed by atoms with Crippen LogP contribution in [0.3, 0.4) is 0 Å². The molecule has 7 heteroatoms. The summed E-state index contributed by atoms with van der Waals surface area (Å²) in [5, 5.41) is 14.9. The molecule has 1 unspecified atom stereocenters. The first-order valence-electron chi connectivity index (χ1n) is 10.9. The molecule has 0 saturated carbocycles. The summed E-state index contributed by atoms with van der Waals surface area (Å²) < 4.78 is 1.99. The van der Waals surface area contributed by atoms with Crippen LogP contribution < -0.4 is 5.32 Å². The number of H-pyrrole nitrogens is 1. The van der Waals surface area contributed by atoms with Gasteiger partial charge in [-0.1, -0.05) is 36.4 Å². The Kier molecular flexibility index (Phi) is 5.15. The lowest BCUT2D eigenvalue weighted by Gasteiger charge is -2.17. The second-order valence-corrected chi connectivity index (χ2v) is 8.86. The lowest BCUT2D eigenvalue weighted by molar-refractivity contribution is -0.122. The lowest BCUT2D eigenvalue weighted by Crippen LogP contribution is -2.29. The molecule has 33 heavy (non-hydrogen) atoms. The van der Waals surface area contributed by atoms with E-state index in [0.29, 0.717) is 35.4 Å². The summed E-state index contributed by atoms with van der Waals surface area (Å²) in [6.07, 6.45) is 3.09. The second kappa shape index (κ2) is 8.03. The minimum atomic E-state index is -0.579. The number of benzene rings is 2. The van der Waals surface area contributed by atoms with E-state index >= 15 is 0 Å². The number of aliphatic hydroxyl groups is 1. The summed E-state index contributed by atoms with van der Waals surface area (Å²) in [7, 11) is 3.83. The molecule has 7 nitrogen and oxygen atoms in total. The van der Waals surface area contributed by atoms with Crippen LogP contribution >= 0.6 is 0 Å². The third-order valence-corrected chi connectivity index (χ3v) is 6.14. The maximum absolute atomic E-state index is 13.1. The van der Waals surface area contributed by atoms with Crippen molar-refractivity contribution in [2.45, 2.75) is 19.6 Å². The summed E-state index contributed by atoms with van der Waals surface area (Å²) in [4.78, 5) is 31.2. The van der Waals surface area contributed by atoms with E-state index < -0.39 is 17.9 Å². The van der Waals surface area contributed by atoms with Gasteiger partial charge >= 0.3 is 0 Å². The molecule has 3 heterocycles. The average Bonchev–Trinajstić information content (AvgIpc) is 3.41. The van der Waals surface area contributed by atoms with Crippen LogP contribution in [0, 0.1) is 6.92 Å². The van der Waals surface area contributed by atoms with E-state index in [0.717, 1.165) is 27.4 Å². The molecule has 0 fully saturated rings. The van der Waals surface area contributed by atoms with Crippen LogP contribution in [0.2, 0.25) is 0 Å². The van der Waals surface area contributed by atoms with Crippen molar-refractivity contribution >= 4 is 44.8 Å². The summed E-state index contributed by atoms with van der Waals surface area (Å²) in [6, 6.07) is 13.6. The SMILES string of the molecule is Cc1cccc2c(C3=C(c4c[nH]c5ccccc45)C(=O)NC3=O)cn(CC(O)CN(C)C)c12. The Morgan fingerprint density at radius 1 is 0.970 bits per heavy atom. The van der Waals surface area contributed by atoms with Gasteiger partial charge in [-0.05, 0) is 32.6 Å². The Labute approximate surface area is 191 Å². The van der Waals surface area contributed by atoms with E-state index in [1.54, 1.807) is 6.20 Å². The third-order valence-electron chi connectivity index (χ3n) is 6.14. The normalized spacial score (nSPS) is 15.3. The highest BCUT2D eigenvalue weighted by molar-refractivity contribution is 6.50. The van der Waals surface area contributed by atoms with Gasteiger partial charge in [0.25, 0.3) is 11.8 Å². The second-order valence-electron chi connectivity index (χ2n) is 8.86. The van der Waals surface area contributed by atoms with Gasteiger partial charge in [0.2, 0.25) is 0 Å². The zero-order valence-corrected chi connectivity index (χ0v) is 18.8. The predicted octanol–water partition coefficient (Wildman–Crippen LogP) is 2.92. The highest BCUT2D eigenvalue weighted by atomic mass is 16.3. The van der Waals surface area contributed by atoms with Crippen molar-refractivity contribution in [3.05, 3.63) is 71.5 Å². The summed E-state index contributed by atoms with van der Waals surface area (Å²) in [5.74, 6) is -0.810. The monoisotopic (exact) mass is 442 g/mol. The van der Waals surface area contributed by atoms with Crippen molar-refractivity contribution < 1.29 is 14.7 Å². The molecule has 2 amide bonds. The van der Waals surface area contributed by atoms with E-state index in [4.69, 9.17) is 0 Å². The van der Waals surface area contributed by atoms with Gasteiger partial charge in [-0.25, -0.2) is 0 Å². The van der Waals surface area contributed by atoms with Crippen LogP contribution in [-0.2, 0) is 16.1 Å². The van der Waals surface area contributed by atoms with Crippen molar-refractivity contribution in [2.24, 2.45) is 0 Å². The zero-order valence-electron chi connectivity index (χ0n) is 18.8. The van der Waals surface area contributed by atoms with Crippen molar-refractivity contribution in [1.82, 2.24) is 19.8 Å². The number of amides is 2. The zero-order chi connectivity index (χ0) is 23.3. The Balaban J connectivity index is 1.74. The van der Waals surface area contributed by atoms with E-state index in [-0.39, 0.29) is 0 Å². The molecule has 0 spiro atoms. The fourth-order valence-electron chi connectivity index (χ4n) is 4.84. The highest BCUT2D eigenvalue weighted by Gasteiger charge is 2.35. The molecule has 0 radical (unpaired) electrons. The van der Waals surface area contributed by atoms with Gasteiger partial charge in [0.15, 0.2) is 0 Å². The molecule has 1 aliphatic rings. The topological polar surface area (TPSA) is 90.4 Å². The number of carbonyl (C=O) groups is 2. The van der Waals surface area contributed by atoms with Crippen LogP contribution in [0.1, 0.15) is 16.7 Å². The number of likely N-dealkylation sites (N-methyl/N-ethyl adjacent to an activating group) is 1. The quantitative estimate of drug-likeness (QED) is 0.401. The molecular weight excluding hydrogens is 416 g/mol. The van der Waals surface area contributed by atoms with Crippen LogP contribution in [0.25, 0.3) is 33.0 Å². The Morgan fingerprint density at radius 2 is 1.67 bits per heavy atom. The first-order valence-corrected chi connectivity index (χ1v) is 10.9. The maximum Gasteiger partial charge on any atom is 0.259 e. The molecule has 0 saturated heterocycles. The van der Waals surface area contributed by atoms with Gasteiger partial charge in [-0.2, -0.15) is 0 Å². The number of carbonyl (C=O) groups excluding carboxylic acids is 2. The van der Waals surface area contributed by atoms with Gasteiger partial charge < -0.3 is 19.6 Å². The number of aromatic nitrogens is 2. The summed E-state index contributed by atoms with van der Waals surface area (Å²) in [6.45, 7) is 2.91. The molecule has 0 bridgehead atoms. The fourth-order valence-corrected chi connectivity index (χ4v) is 4.84. The largest absolute Gasteiger partial charge is 0.390 e. The van der Waals surface area contributed by atoms with E-state index in [1.165, 1.54) is 0 Å². The number of rotatable bonds is 6. The number of aromatic amines is 1. The minimum Gasteiger partial charge on any atom is -0.390 e. The van der Waals surface area contributed by atoms with E-state index in [1.807, 2.05) is 79.1 Å². The molecule has 0 aliphatic carbocycles. The van der Waals surface area contributed by atoms with Crippen molar-refractivity contribution in [1.29, 1.82) is 0 Å². The number of fused-ring (bicyclic) bond motifs is 2. The molecule has 4 aromatic rings. The third kappa shape index (κ3) is 3.55. The molecule has 1 atom stereocenters. The average molecular weight is 443 g/mol. The first kappa shape index (κ1) is 21.2. The maximum atomic E-state index is 13.1. The number of hydrogen-bond acceptors (Lipinski definition) is 4. The molecule has 168 valence electrons. The molecule has 2 aromatic heterocycles. The van der Waals surface area contributed by atoms with Gasteiger partial charge in [-0.15, -0.1) is 0 Å². The molecule has 2 aromatic carbocycles. The number of aliphatic hydroxyl groups excluding tert-OH is 1. The summed E-state index contributed by atoms with van der Waals surface area (Å²) >= 11 is 0. The Hall–Kier alpha value is -3.68. The first-order chi connectivity index (χ1) is 15.8. The highest BCUT2D eigenvalue weighted by Crippen LogP contribution is 2.38. The van der Waals surface area contributed by atoms with Crippen LogP contribution in [-0.4, -0.2) is 58.1 Å². The van der Waals surface area contributed by atoms with Crippen molar-refractivity contribution in [2.75, 3.05) is 20.6 Å². The predicted molar refractivity (Wildman–Crippen MR) is 129 cm³/mol. The molecular formula is C26H26N4O3. The summed E-state index contributed by atoms with van der Waals surface area (Å²) in [5.41, 5.74) is 5.00. The molecule has 1 aliphatic heterocycles. The Bertz CT molecular complexity index is 1440. The van der Waals surface area contributed by atoms with E-state index in [9.17, 15) is 14.7 Å². The lowest BCUT2D eigenvalue weighted by atomic mass is 9.95. The molecule has 3 N–H and O–H groups in total. The number of hydrogen-bond donors (Lipinski definition) is 3. The minimum absolute atomic E-state index is 0.362. The number of imide groups is 1. The number of aryl methyl sites for hydroxylation is 1. The van der Waals surface area contributed by atoms with Crippen LogP contribution in [0.15, 0.2) is 54.9 Å². The number of para-hydroxylation sites is 2. The van der Waals surface area contributed by atoms with Gasteiger partial charge in [-0.3, -0.25) is 14.9 Å². The van der Waals surface area contributed by atoms with E-state index in [2.05, 4.69) is 10.3 Å².